The van der Waals surface area contributed by atoms with Crippen molar-refractivity contribution in [2.75, 3.05) is 6.54 Å². The van der Waals surface area contributed by atoms with Gasteiger partial charge in [0.05, 0.1) is 0 Å². The number of carbonyl (C=O) groups is 1. The molecule has 1 aliphatic heterocycles. The maximum Gasteiger partial charge on any atom is 0.223 e. The molecule has 0 spiro atoms. The Balaban J connectivity index is 1.78. The van der Waals surface area contributed by atoms with Crippen LogP contribution in [0, 0.1) is 11.8 Å². The van der Waals surface area contributed by atoms with Crippen molar-refractivity contribution in [1.82, 2.24) is 5.32 Å². The molecule has 4 unspecified atom stereocenters. The Morgan fingerprint density at radius 3 is 2.44 bits per heavy atom. The van der Waals surface area contributed by atoms with Gasteiger partial charge >= 0.3 is 0 Å². The molecule has 130 valence electrons. The van der Waals surface area contributed by atoms with Crippen LogP contribution in [0.5, 0.6) is 5.75 Å². The number of phenols is 1. The second-order valence-corrected chi connectivity index (χ2v) is 7.83. The molecule has 1 heterocycles. The summed E-state index contributed by atoms with van der Waals surface area (Å²) < 4.78 is 0. The van der Waals surface area contributed by atoms with Gasteiger partial charge in [0.2, 0.25) is 5.91 Å². The summed E-state index contributed by atoms with van der Waals surface area (Å²) in [5, 5.41) is 14.0. The number of phenolic OH excluding ortho intramolecular Hbond substituents is 1. The summed E-state index contributed by atoms with van der Waals surface area (Å²) in [5.41, 5.74) is 2.22. The molecule has 0 aromatic heterocycles. The third-order valence-corrected chi connectivity index (χ3v) is 6.27. The molecule has 2 fully saturated rings. The Morgan fingerprint density at radius 1 is 1.00 bits per heavy atom. The van der Waals surface area contributed by atoms with Gasteiger partial charge < -0.3 is 10.4 Å². The van der Waals surface area contributed by atoms with E-state index in [4.69, 9.17) is 23.2 Å². The van der Waals surface area contributed by atoms with Gasteiger partial charge in [-0.3, -0.25) is 4.79 Å². The lowest BCUT2D eigenvalue weighted by Crippen LogP contribution is -2.32. The van der Waals surface area contributed by atoms with Gasteiger partial charge in [-0.25, -0.2) is 0 Å². The van der Waals surface area contributed by atoms with Gasteiger partial charge in [-0.15, -0.1) is 0 Å². The fourth-order valence-corrected chi connectivity index (χ4v) is 5.02. The van der Waals surface area contributed by atoms with Crippen molar-refractivity contribution in [2.24, 2.45) is 11.8 Å². The van der Waals surface area contributed by atoms with E-state index in [0.29, 0.717) is 16.6 Å². The number of halogens is 2. The normalized spacial score (nSPS) is 28.5. The number of hydrogen-bond donors (Lipinski definition) is 2. The maximum absolute atomic E-state index is 12.2. The molecule has 2 aromatic rings. The SMILES string of the molecule is O=C1NCC2C1CCC(c1ccc(O)cc1Cl)C2c1ccc(Cl)cc1. The second kappa shape index (κ2) is 6.54. The van der Waals surface area contributed by atoms with Crippen molar-refractivity contribution in [1.29, 1.82) is 0 Å². The predicted molar refractivity (Wildman–Crippen MR) is 99.3 cm³/mol. The van der Waals surface area contributed by atoms with E-state index in [1.807, 2.05) is 18.2 Å². The number of benzene rings is 2. The van der Waals surface area contributed by atoms with Crippen LogP contribution in [-0.2, 0) is 4.79 Å². The van der Waals surface area contributed by atoms with Gasteiger partial charge in [0.25, 0.3) is 0 Å². The summed E-state index contributed by atoms with van der Waals surface area (Å²) in [6.07, 6.45) is 1.76. The van der Waals surface area contributed by atoms with Crippen LogP contribution < -0.4 is 5.32 Å². The number of aromatic hydroxyl groups is 1. The maximum atomic E-state index is 12.2. The van der Waals surface area contributed by atoms with Crippen LogP contribution in [0.15, 0.2) is 42.5 Å². The van der Waals surface area contributed by atoms with Crippen LogP contribution in [0.2, 0.25) is 10.0 Å². The zero-order chi connectivity index (χ0) is 17.6. The van der Waals surface area contributed by atoms with E-state index in [1.165, 1.54) is 5.56 Å². The molecule has 1 saturated heterocycles. The number of fused-ring (bicyclic) bond motifs is 1. The zero-order valence-electron chi connectivity index (χ0n) is 13.6. The summed E-state index contributed by atoms with van der Waals surface area (Å²) >= 11 is 12.5. The van der Waals surface area contributed by atoms with Crippen molar-refractivity contribution in [2.45, 2.75) is 24.7 Å². The lowest BCUT2D eigenvalue weighted by atomic mass is 9.63. The topological polar surface area (TPSA) is 49.3 Å². The highest BCUT2D eigenvalue weighted by molar-refractivity contribution is 6.31. The predicted octanol–water partition coefficient (Wildman–Crippen LogP) is 4.72. The molecular weight excluding hydrogens is 357 g/mol. The van der Waals surface area contributed by atoms with Crippen molar-refractivity contribution in [3.8, 4) is 5.75 Å². The summed E-state index contributed by atoms with van der Waals surface area (Å²) in [6, 6.07) is 13.1. The first-order valence-electron chi connectivity index (χ1n) is 8.56. The summed E-state index contributed by atoms with van der Waals surface area (Å²) in [6.45, 7) is 0.697. The number of nitrogens with one attached hydrogen (secondary N) is 1. The van der Waals surface area contributed by atoms with Crippen LogP contribution in [0.4, 0.5) is 0 Å². The largest absolute Gasteiger partial charge is 0.508 e. The Hall–Kier alpha value is -1.71. The highest BCUT2D eigenvalue weighted by atomic mass is 35.5. The standard InChI is InChI=1S/C20H19Cl2NO2/c21-12-3-1-11(2-4-12)19-15(14-6-5-13(24)9-18(14)22)7-8-16-17(19)10-23-20(16)25/h1-6,9,15-17,19,24H,7-8,10H2,(H,23,25). The van der Waals surface area contributed by atoms with E-state index in [0.717, 1.165) is 18.4 Å². The monoisotopic (exact) mass is 375 g/mol. The van der Waals surface area contributed by atoms with Gasteiger partial charge in [-0.2, -0.15) is 0 Å². The smallest absolute Gasteiger partial charge is 0.223 e. The summed E-state index contributed by atoms with van der Waals surface area (Å²) in [5.74, 6) is 1.05. The van der Waals surface area contributed by atoms with Gasteiger partial charge in [0, 0.05) is 22.5 Å². The fourth-order valence-electron chi connectivity index (χ4n) is 4.58. The molecule has 2 N–H and O–H groups in total. The summed E-state index contributed by atoms with van der Waals surface area (Å²) in [7, 11) is 0. The molecule has 1 aliphatic carbocycles. The Kier molecular flexibility index (Phi) is 4.38. The van der Waals surface area contributed by atoms with Crippen molar-refractivity contribution >= 4 is 29.1 Å². The molecule has 2 aromatic carbocycles. The minimum atomic E-state index is 0.0628. The second-order valence-electron chi connectivity index (χ2n) is 6.98. The molecular formula is C20H19Cl2NO2. The molecule has 5 heteroatoms. The van der Waals surface area contributed by atoms with Gasteiger partial charge in [0.1, 0.15) is 5.75 Å². The fraction of sp³-hybridized carbons (Fsp3) is 0.350. The third kappa shape index (κ3) is 3.00. The Bertz CT molecular complexity index is 806. The van der Waals surface area contributed by atoms with E-state index in [2.05, 4.69) is 17.4 Å². The number of amides is 1. The summed E-state index contributed by atoms with van der Waals surface area (Å²) in [4.78, 5) is 12.2. The van der Waals surface area contributed by atoms with Crippen LogP contribution >= 0.6 is 23.2 Å². The van der Waals surface area contributed by atoms with Gasteiger partial charge in [-0.05, 0) is 66.0 Å². The average molecular weight is 376 g/mol. The van der Waals surface area contributed by atoms with Crippen molar-refractivity contribution < 1.29 is 9.90 Å². The van der Waals surface area contributed by atoms with Gasteiger partial charge in [-0.1, -0.05) is 41.4 Å². The molecule has 25 heavy (non-hydrogen) atoms. The molecule has 3 nitrogen and oxygen atoms in total. The highest BCUT2D eigenvalue weighted by Gasteiger charge is 2.47. The first kappa shape index (κ1) is 16.7. The molecule has 2 aliphatic rings. The quantitative estimate of drug-likeness (QED) is 0.797. The minimum Gasteiger partial charge on any atom is -0.508 e. The van der Waals surface area contributed by atoms with E-state index in [-0.39, 0.29) is 35.3 Å². The van der Waals surface area contributed by atoms with Gasteiger partial charge in [0.15, 0.2) is 0 Å². The lowest BCUT2D eigenvalue weighted by molar-refractivity contribution is -0.123. The average Bonchev–Trinajstić information content (AvgIpc) is 2.97. The first-order valence-corrected chi connectivity index (χ1v) is 9.32. The number of hydrogen-bond acceptors (Lipinski definition) is 2. The van der Waals surface area contributed by atoms with Crippen molar-refractivity contribution in [3.63, 3.8) is 0 Å². The Morgan fingerprint density at radius 2 is 1.72 bits per heavy atom. The number of carbonyl (C=O) groups excluding carboxylic acids is 1. The third-order valence-electron chi connectivity index (χ3n) is 5.69. The lowest BCUT2D eigenvalue weighted by Gasteiger charge is -2.39. The molecule has 1 amide bonds. The van der Waals surface area contributed by atoms with E-state index in [1.54, 1.807) is 12.1 Å². The van der Waals surface area contributed by atoms with Crippen molar-refractivity contribution in [3.05, 3.63) is 63.6 Å². The molecule has 0 radical (unpaired) electrons. The molecule has 4 atom stereocenters. The van der Waals surface area contributed by atoms with Crippen LogP contribution in [0.25, 0.3) is 0 Å². The molecule has 4 rings (SSSR count). The van der Waals surface area contributed by atoms with E-state index >= 15 is 0 Å². The van der Waals surface area contributed by atoms with Crippen LogP contribution in [-0.4, -0.2) is 17.6 Å². The molecule has 0 bridgehead atoms. The van der Waals surface area contributed by atoms with E-state index in [9.17, 15) is 9.90 Å². The molecule has 1 saturated carbocycles. The number of rotatable bonds is 2. The van der Waals surface area contributed by atoms with Crippen LogP contribution in [0.3, 0.4) is 0 Å². The van der Waals surface area contributed by atoms with Crippen LogP contribution in [0.1, 0.15) is 35.8 Å². The first-order chi connectivity index (χ1) is 12.0. The Labute approximate surface area is 157 Å². The van der Waals surface area contributed by atoms with E-state index < -0.39 is 0 Å². The highest BCUT2D eigenvalue weighted by Crippen LogP contribution is 2.52. The minimum absolute atomic E-state index is 0.0628. The zero-order valence-corrected chi connectivity index (χ0v) is 15.1.